The summed E-state index contributed by atoms with van der Waals surface area (Å²) < 4.78 is 43.9. The van der Waals surface area contributed by atoms with Gasteiger partial charge < -0.3 is 15.1 Å². The summed E-state index contributed by atoms with van der Waals surface area (Å²) >= 11 is 2.20. The number of hydrogen-bond donors (Lipinski definition) is 2. The van der Waals surface area contributed by atoms with Crippen LogP contribution < -0.4 is 10.6 Å². The van der Waals surface area contributed by atoms with Crippen LogP contribution >= 0.6 is 23.1 Å². The Morgan fingerprint density at radius 2 is 2.03 bits per heavy atom. The number of thioether (sulfide) groups is 1. The van der Waals surface area contributed by atoms with Crippen molar-refractivity contribution in [3.05, 3.63) is 53.1 Å². The van der Waals surface area contributed by atoms with Crippen molar-refractivity contribution in [2.24, 2.45) is 0 Å². The van der Waals surface area contributed by atoms with Crippen LogP contribution in [0.5, 0.6) is 0 Å². The third-order valence-electron chi connectivity index (χ3n) is 3.71. The summed E-state index contributed by atoms with van der Waals surface area (Å²) in [6.07, 6.45) is -4.43. The Balaban J connectivity index is 1.55. The van der Waals surface area contributed by atoms with Crippen molar-refractivity contribution in [1.82, 2.24) is 10.3 Å². The second-order valence-electron chi connectivity index (χ2n) is 6.08. The van der Waals surface area contributed by atoms with Crippen LogP contribution in [0.2, 0.25) is 0 Å². The molecule has 0 atom stereocenters. The maximum atomic E-state index is 12.8. The Kier molecular flexibility index (Phi) is 6.83. The number of anilines is 1. The number of thiazole rings is 1. The molecule has 1 aromatic carbocycles. The molecule has 0 fully saturated rings. The number of rotatable bonds is 7. The minimum absolute atomic E-state index is 0.0577. The fraction of sp³-hybridized carbons (Fsp3) is 0.211. The average molecular weight is 455 g/mol. The van der Waals surface area contributed by atoms with E-state index in [2.05, 4.69) is 15.6 Å². The molecule has 0 aliphatic heterocycles. The molecule has 6 nitrogen and oxygen atoms in total. The van der Waals surface area contributed by atoms with Gasteiger partial charge in [-0.15, -0.1) is 23.1 Å². The Labute approximate surface area is 177 Å². The van der Waals surface area contributed by atoms with E-state index in [9.17, 15) is 22.8 Å². The number of amides is 2. The molecule has 3 aromatic rings. The summed E-state index contributed by atoms with van der Waals surface area (Å²) in [5, 5.41) is 7.30. The lowest BCUT2D eigenvalue weighted by Crippen LogP contribution is -2.18. The highest BCUT2D eigenvalue weighted by Crippen LogP contribution is 2.32. The molecule has 3 rings (SSSR count). The van der Waals surface area contributed by atoms with Crippen LogP contribution in [0.25, 0.3) is 11.5 Å². The first-order chi connectivity index (χ1) is 14.2. The predicted octanol–water partition coefficient (Wildman–Crippen LogP) is 4.79. The minimum Gasteiger partial charge on any atom is -0.458 e. The summed E-state index contributed by atoms with van der Waals surface area (Å²) in [6, 6.07) is 8.24. The van der Waals surface area contributed by atoms with Gasteiger partial charge in [-0.2, -0.15) is 13.2 Å². The van der Waals surface area contributed by atoms with E-state index in [1.165, 1.54) is 30.4 Å². The van der Waals surface area contributed by atoms with Gasteiger partial charge in [-0.3, -0.25) is 9.59 Å². The summed E-state index contributed by atoms with van der Waals surface area (Å²) in [5.41, 5.74) is -0.233. The lowest BCUT2D eigenvalue weighted by molar-refractivity contribution is -0.137. The van der Waals surface area contributed by atoms with Crippen molar-refractivity contribution in [2.75, 3.05) is 11.1 Å². The number of halogens is 3. The van der Waals surface area contributed by atoms with E-state index >= 15 is 0 Å². The largest absolute Gasteiger partial charge is 0.458 e. The number of furan rings is 1. The van der Waals surface area contributed by atoms with Gasteiger partial charge in [0.25, 0.3) is 0 Å². The molecule has 0 aliphatic carbocycles. The zero-order chi connectivity index (χ0) is 21.7. The Bertz CT molecular complexity index is 1050. The van der Waals surface area contributed by atoms with E-state index in [1.807, 2.05) is 0 Å². The maximum Gasteiger partial charge on any atom is 0.416 e. The number of carbonyl (C=O) groups is 2. The Hall–Kier alpha value is -2.79. The van der Waals surface area contributed by atoms with Crippen LogP contribution in [-0.4, -0.2) is 22.6 Å². The van der Waals surface area contributed by atoms with Gasteiger partial charge in [0.05, 0.1) is 17.9 Å². The van der Waals surface area contributed by atoms with Crippen LogP contribution in [0.1, 0.15) is 18.2 Å². The summed E-state index contributed by atoms with van der Waals surface area (Å²) in [5.74, 6) is 0.443. The van der Waals surface area contributed by atoms with Crippen molar-refractivity contribution >= 4 is 40.0 Å². The molecule has 0 saturated heterocycles. The molecular weight excluding hydrogens is 439 g/mol. The molecule has 2 amide bonds. The van der Waals surface area contributed by atoms with E-state index in [1.54, 1.807) is 17.5 Å². The molecule has 2 aromatic heterocycles. The molecule has 2 N–H and O–H groups in total. The van der Waals surface area contributed by atoms with Gasteiger partial charge in [-0.05, 0) is 30.3 Å². The molecular formula is C19H16F3N3O3S2. The summed E-state index contributed by atoms with van der Waals surface area (Å²) in [6.45, 7) is 1.67. The number of alkyl halides is 3. The fourth-order valence-electron chi connectivity index (χ4n) is 2.33. The number of nitrogens with one attached hydrogen (secondary N) is 2. The number of carbonyl (C=O) groups excluding carboxylic acids is 2. The molecule has 0 bridgehead atoms. The molecule has 30 heavy (non-hydrogen) atoms. The van der Waals surface area contributed by atoms with E-state index in [0.29, 0.717) is 27.2 Å². The number of nitrogens with zero attached hydrogens (tertiary/aromatic N) is 1. The van der Waals surface area contributed by atoms with Gasteiger partial charge in [-0.1, -0.05) is 6.07 Å². The maximum absolute atomic E-state index is 12.8. The van der Waals surface area contributed by atoms with Crippen molar-refractivity contribution in [1.29, 1.82) is 0 Å². The molecule has 11 heteroatoms. The molecule has 0 spiro atoms. The normalized spacial score (nSPS) is 11.3. The van der Waals surface area contributed by atoms with Crippen LogP contribution in [0, 0.1) is 0 Å². The summed E-state index contributed by atoms with van der Waals surface area (Å²) in [7, 11) is 0. The first kappa shape index (κ1) is 21.9. The van der Waals surface area contributed by atoms with Crippen molar-refractivity contribution in [2.45, 2.75) is 24.5 Å². The topological polar surface area (TPSA) is 84.2 Å². The molecule has 0 radical (unpaired) electrons. The van der Waals surface area contributed by atoms with Crippen LogP contribution in [0.4, 0.5) is 18.3 Å². The number of aromatic nitrogens is 1. The van der Waals surface area contributed by atoms with Crippen molar-refractivity contribution in [3.63, 3.8) is 0 Å². The van der Waals surface area contributed by atoms with Crippen LogP contribution in [-0.2, 0) is 22.3 Å². The molecule has 0 unspecified atom stereocenters. The van der Waals surface area contributed by atoms with Gasteiger partial charge in [0.1, 0.15) is 11.5 Å². The van der Waals surface area contributed by atoms with Crippen LogP contribution in [0.3, 0.4) is 0 Å². The molecule has 158 valence electrons. The van der Waals surface area contributed by atoms with Gasteiger partial charge in [-0.25, -0.2) is 4.98 Å². The highest BCUT2D eigenvalue weighted by Gasteiger charge is 2.30. The van der Waals surface area contributed by atoms with Gasteiger partial charge >= 0.3 is 6.18 Å². The molecule has 0 aliphatic rings. The second kappa shape index (κ2) is 9.35. The van der Waals surface area contributed by atoms with Crippen LogP contribution in [0.15, 0.2) is 51.1 Å². The van der Waals surface area contributed by atoms with Crippen molar-refractivity contribution in [3.8, 4) is 11.5 Å². The smallest absolute Gasteiger partial charge is 0.416 e. The first-order valence-electron chi connectivity index (χ1n) is 8.59. The lowest BCUT2D eigenvalue weighted by Gasteiger charge is -2.08. The standard InChI is InChI=1S/C19H16F3N3O3S2/c1-11(26)23-8-13-5-6-16(28-13)15-9-30-18(24-15)25-17(27)10-29-14-4-2-3-12(7-14)19(20,21)22/h2-7,9H,8,10H2,1H3,(H,23,26)(H,24,25,27). The van der Waals surface area contributed by atoms with Gasteiger partial charge in [0.15, 0.2) is 10.9 Å². The van der Waals surface area contributed by atoms with E-state index in [0.717, 1.165) is 23.9 Å². The van der Waals surface area contributed by atoms with Gasteiger partial charge in [0.2, 0.25) is 11.8 Å². The third kappa shape index (κ3) is 6.10. The number of benzene rings is 1. The van der Waals surface area contributed by atoms with E-state index in [-0.39, 0.29) is 24.1 Å². The Morgan fingerprint density at radius 3 is 2.77 bits per heavy atom. The zero-order valence-corrected chi connectivity index (χ0v) is 17.2. The summed E-state index contributed by atoms with van der Waals surface area (Å²) in [4.78, 5) is 27.7. The molecule has 0 saturated carbocycles. The van der Waals surface area contributed by atoms with E-state index in [4.69, 9.17) is 4.42 Å². The average Bonchev–Trinajstić information content (AvgIpc) is 3.33. The second-order valence-corrected chi connectivity index (χ2v) is 7.98. The van der Waals surface area contributed by atoms with Gasteiger partial charge in [0, 0.05) is 17.2 Å². The lowest BCUT2D eigenvalue weighted by atomic mass is 10.2. The van der Waals surface area contributed by atoms with E-state index < -0.39 is 11.7 Å². The fourth-order valence-corrected chi connectivity index (χ4v) is 3.80. The zero-order valence-electron chi connectivity index (χ0n) is 15.6. The quantitative estimate of drug-likeness (QED) is 0.501. The Morgan fingerprint density at radius 1 is 1.23 bits per heavy atom. The minimum atomic E-state index is -4.43. The first-order valence-corrected chi connectivity index (χ1v) is 10.5. The highest BCUT2D eigenvalue weighted by atomic mass is 32.2. The SMILES string of the molecule is CC(=O)NCc1ccc(-c2csc(NC(=O)CSc3cccc(C(F)(F)F)c3)n2)o1. The highest BCUT2D eigenvalue weighted by molar-refractivity contribution is 8.00. The van der Waals surface area contributed by atoms with Crippen molar-refractivity contribution < 1.29 is 27.2 Å². The number of hydrogen-bond acceptors (Lipinski definition) is 6. The third-order valence-corrected chi connectivity index (χ3v) is 5.46. The predicted molar refractivity (Wildman–Crippen MR) is 108 cm³/mol. The molecule has 2 heterocycles. The monoisotopic (exact) mass is 455 g/mol.